The van der Waals surface area contributed by atoms with Crippen LogP contribution in [0.3, 0.4) is 0 Å². The predicted octanol–water partition coefficient (Wildman–Crippen LogP) is 3.34. The number of nitrogens with zero attached hydrogens (tertiary/aromatic N) is 2. The van der Waals surface area contributed by atoms with Crippen molar-refractivity contribution in [1.29, 1.82) is 0 Å². The minimum Gasteiger partial charge on any atom is -0.352 e. The first-order valence-electron chi connectivity index (χ1n) is 9.99. The second-order valence-electron chi connectivity index (χ2n) is 8.04. The van der Waals surface area contributed by atoms with Crippen LogP contribution in [0, 0.1) is 11.8 Å². The van der Waals surface area contributed by atoms with Gasteiger partial charge in [-0.2, -0.15) is 0 Å². The monoisotopic (exact) mass is 389 g/mol. The highest BCUT2D eigenvalue weighted by Gasteiger charge is 2.23. The van der Waals surface area contributed by atoms with Crippen LogP contribution < -0.4 is 5.32 Å². The number of carbonyl (C=O) groups is 2. The van der Waals surface area contributed by atoms with Crippen LogP contribution in [0.1, 0.15) is 37.8 Å². The van der Waals surface area contributed by atoms with Crippen LogP contribution in [0.15, 0.2) is 24.3 Å². The van der Waals surface area contributed by atoms with E-state index in [2.05, 4.69) is 42.3 Å². The third-order valence-corrected chi connectivity index (χ3v) is 6.28. The molecule has 2 aliphatic heterocycles. The van der Waals surface area contributed by atoms with Crippen molar-refractivity contribution in [2.24, 2.45) is 11.8 Å². The second-order valence-corrected chi connectivity index (χ2v) is 9.08. The molecule has 5 nitrogen and oxygen atoms in total. The molecule has 27 heavy (non-hydrogen) atoms. The molecular weight excluding hydrogens is 358 g/mol. The van der Waals surface area contributed by atoms with Gasteiger partial charge in [0.25, 0.3) is 5.24 Å². The maximum Gasteiger partial charge on any atom is 0.281 e. The van der Waals surface area contributed by atoms with Gasteiger partial charge in [0, 0.05) is 51.4 Å². The molecular formula is C21H31N3O2S. The van der Waals surface area contributed by atoms with Crippen LogP contribution >= 0.6 is 11.8 Å². The Kier molecular flexibility index (Phi) is 7.19. The molecule has 2 atom stereocenters. The average Bonchev–Trinajstić information content (AvgIpc) is 3.03. The first-order chi connectivity index (χ1) is 13.0. The Hall–Kier alpha value is -1.53. The van der Waals surface area contributed by atoms with Crippen LogP contribution in [-0.2, 0) is 17.9 Å². The summed E-state index contributed by atoms with van der Waals surface area (Å²) in [6.07, 6.45) is 1.68. The molecule has 2 heterocycles. The van der Waals surface area contributed by atoms with E-state index in [-0.39, 0.29) is 11.1 Å². The molecule has 1 N–H and O–H groups in total. The van der Waals surface area contributed by atoms with Crippen molar-refractivity contribution < 1.29 is 9.59 Å². The summed E-state index contributed by atoms with van der Waals surface area (Å²) in [6, 6.07) is 8.39. The van der Waals surface area contributed by atoms with Gasteiger partial charge in [-0.3, -0.25) is 14.5 Å². The summed E-state index contributed by atoms with van der Waals surface area (Å²) in [7, 11) is 0. The van der Waals surface area contributed by atoms with Crippen LogP contribution in [0.4, 0.5) is 4.79 Å². The number of benzene rings is 1. The van der Waals surface area contributed by atoms with Crippen LogP contribution in [-0.4, -0.2) is 52.9 Å². The van der Waals surface area contributed by atoms with E-state index in [4.69, 9.17) is 0 Å². The molecule has 3 rings (SSSR count). The third kappa shape index (κ3) is 5.98. The molecule has 6 heteroatoms. The van der Waals surface area contributed by atoms with Crippen molar-refractivity contribution in [2.75, 3.05) is 31.9 Å². The second kappa shape index (κ2) is 9.60. The molecule has 2 aliphatic rings. The van der Waals surface area contributed by atoms with E-state index in [1.165, 1.54) is 29.3 Å². The van der Waals surface area contributed by atoms with Crippen molar-refractivity contribution in [1.82, 2.24) is 15.1 Å². The van der Waals surface area contributed by atoms with Crippen LogP contribution in [0.25, 0.3) is 0 Å². The highest BCUT2D eigenvalue weighted by Crippen LogP contribution is 2.23. The standard InChI is InChI=1S/C21H31N3O2S/c1-16-11-17(2)14-23(13-16)15-19-6-4-3-5-18(19)12-22-20(25)7-8-24-9-10-27-21(24)26/h3-6,16-17H,7-15H2,1-2H3,(H,22,25)/t16-,17+. The van der Waals surface area contributed by atoms with Crippen molar-refractivity contribution in [3.05, 3.63) is 35.4 Å². The number of likely N-dealkylation sites (tertiary alicyclic amines) is 1. The molecule has 0 aromatic heterocycles. The van der Waals surface area contributed by atoms with Gasteiger partial charge in [-0.15, -0.1) is 0 Å². The number of hydrogen-bond acceptors (Lipinski definition) is 4. The normalized spacial score (nSPS) is 23.6. The van der Waals surface area contributed by atoms with Gasteiger partial charge in [0.2, 0.25) is 5.91 Å². The SMILES string of the molecule is C[C@@H]1C[C@H](C)CN(Cc2ccccc2CNC(=O)CCN2CCSC2=O)C1. The summed E-state index contributed by atoms with van der Waals surface area (Å²) in [5.41, 5.74) is 2.48. The Morgan fingerprint density at radius 3 is 2.56 bits per heavy atom. The maximum atomic E-state index is 12.2. The van der Waals surface area contributed by atoms with E-state index in [1.807, 2.05) is 6.07 Å². The number of hydrogen-bond donors (Lipinski definition) is 1. The largest absolute Gasteiger partial charge is 0.352 e. The molecule has 0 saturated carbocycles. The lowest BCUT2D eigenvalue weighted by Gasteiger charge is -2.35. The van der Waals surface area contributed by atoms with E-state index in [9.17, 15) is 9.59 Å². The van der Waals surface area contributed by atoms with Gasteiger partial charge in [0.05, 0.1) is 0 Å². The minimum absolute atomic E-state index is 0.00900. The number of carbonyl (C=O) groups excluding carboxylic acids is 2. The first kappa shape index (κ1) is 20.2. The number of rotatable bonds is 7. The molecule has 0 bridgehead atoms. The number of nitrogens with one attached hydrogen (secondary N) is 1. The maximum absolute atomic E-state index is 12.2. The Labute approximate surface area is 166 Å². The van der Waals surface area contributed by atoms with E-state index in [0.717, 1.165) is 43.8 Å². The zero-order chi connectivity index (χ0) is 19.2. The Balaban J connectivity index is 1.50. The quantitative estimate of drug-likeness (QED) is 0.777. The van der Waals surface area contributed by atoms with E-state index < -0.39 is 0 Å². The third-order valence-electron chi connectivity index (χ3n) is 5.39. The molecule has 2 amide bonds. The van der Waals surface area contributed by atoms with Crippen molar-refractivity contribution in [3.63, 3.8) is 0 Å². The molecule has 2 fully saturated rings. The molecule has 1 aromatic carbocycles. The molecule has 0 spiro atoms. The van der Waals surface area contributed by atoms with Gasteiger partial charge in [-0.1, -0.05) is 49.9 Å². The number of piperidine rings is 1. The highest BCUT2D eigenvalue weighted by molar-refractivity contribution is 8.13. The highest BCUT2D eigenvalue weighted by atomic mass is 32.2. The Bertz CT molecular complexity index is 657. The molecule has 1 aromatic rings. The summed E-state index contributed by atoms with van der Waals surface area (Å²) in [4.78, 5) is 28.1. The van der Waals surface area contributed by atoms with Gasteiger partial charge in [-0.05, 0) is 29.4 Å². The molecule has 0 radical (unpaired) electrons. The predicted molar refractivity (Wildman–Crippen MR) is 111 cm³/mol. The molecule has 148 valence electrons. The van der Waals surface area contributed by atoms with Crippen molar-refractivity contribution in [3.8, 4) is 0 Å². The fourth-order valence-corrected chi connectivity index (χ4v) is 5.05. The first-order valence-corrected chi connectivity index (χ1v) is 11.0. The van der Waals surface area contributed by atoms with Crippen molar-refractivity contribution >= 4 is 22.9 Å². The van der Waals surface area contributed by atoms with Crippen LogP contribution in [0.5, 0.6) is 0 Å². The average molecular weight is 390 g/mol. The van der Waals surface area contributed by atoms with Crippen molar-refractivity contribution in [2.45, 2.75) is 39.8 Å². The fraction of sp³-hybridized carbons (Fsp3) is 0.619. The molecule has 2 saturated heterocycles. The van der Waals surface area contributed by atoms with Gasteiger partial charge in [0.1, 0.15) is 0 Å². The van der Waals surface area contributed by atoms with E-state index in [0.29, 0.717) is 19.5 Å². The zero-order valence-corrected chi connectivity index (χ0v) is 17.3. The lowest BCUT2D eigenvalue weighted by molar-refractivity contribution is -0.121. The van der Waals surface area contributed by atoms with E-state index in [1.54, 1.807) is 4.90 Å². The smallest absolute Gasteiger partial charge is 0.281 e. The summed E-state index contributed by atoms with van der Waals surface area (Å²) in [6.45, 7) is 9.72. The minimum atomic E-state index is 0.00900. The fourth-order valence-electron chi connectivity index (χ4n) is 4.19. The number of amides is 2. The zero-order valence-electron chi connectivity index (χ0n) is 16.4. The van der Waals surface area contributed by atoms with Gasteiger partial charge >= 0.3 is 0 Å². The molecule has 0 aliphatic carbocycles. The Morgan fingerprint density at radius 2 is 1.89 bits per heavy atom. The van der Waals surface area contributed by atoms with Gasteiger partial charge in [0.15, 0.2) is 0 Å². The van der Waals surface area contributed by atoms with Gasteiger partial charge < -0.3 is 10.2 Å². The van der Waals surface area contributed by atoms with E-state index >= 15 is 0 Å². The summed E-state index contributed by atoms with van der Waals surface area (Å²) >= 11 is 1.34. The molecule has 0 unspecified atom stereocenters. The topological polar surface area (TPSA) is 52.7 Å². The van der Waals surface area contributed by atoms with Crippen LogP contribution in [0.2, 0.25) is 0 Å². The lowest BCUT2D eigenvalue weighted by atomic mass is 9.91. The lowest BCUT2D eigenvalue weighted by Crippen LogP contribution is -2.38. The summed E-state index contributed by atoms with van der Waals surface area (Å²) in [5, 5.41) is 3.13. The number of thioether (sulfide) groups is 1. The Morgan fingerprint density at radius 1 is 1.19 bits per heavy atom. The summed E-state index contributed by atoms with van der Waals surface area (Å²) < 4.78 is 0. The van der Waals surface area contributed by atoms with Gasteiger partial charge in [-0.25, -0.2) is 0 Å². The summed E-state index contributed by atoms with van der Waals surface area (Å²) in [5.74, 6) is 2.33.